The van der Waals surface area contributed by atoms with Gasteiger partial charge in [-0.05, 0) is 31.2 Å². The van der Waals surface area contributed by atoms with Crippen molar-refractivity contribution in [2.45, 2.75) is 13.5 Å². The number of hydrogen-bond acceptors (Lipinski definition) is 5. The lowest BCUT2D eigenvalue weighted by Gasteiger charge is -2.12. The van der Waals surface area contributed by atoms with E-state index in [1.807, 2.05) is 13.0 Å². The van der Waals surface area contributed by atoms with E-state index in [1.165, 1.54) is 11.0 Å². The first-order valence-corrected chi connectivity index (χ1v) is 8.44. The van der Waals surface area contributed by atoms with Crippen LogP contribution < -0.4 is 5.63 Å². The van der Waals surface area contributed by atoms with Crippen LogP contribution in [0.5, 0.6) is 0 Å². The van der Waals surface area contributed by atoms with E-state index in [2.05, 4.69) is 0 Å². The van der Waals surface area contributed by atoms with E-state index < -0.39 is 5.63 Å². The number of imide groups is 1. The Morgan fingerprint density at radius 1 is 0.852 bits per heavy atom. The third-order valence-corrected chi connectivity index (χ3v) is 4.96. The molecule has 6 heteroatoms. The lowest BCUT2D eigenvalue weighted by molar-refractivity contribution is 0.0632. The molecule has 0 fully saturated rings. The summed E-state index contributed by atoms with van der Waals surface area (Å²) in [5, 5.41) is 1.63. The molecule has 6 nitrogen and oxygen atoms in total. The van der Waals surface area contributed by atoms with Crippen molar-refractivity contribution in [3.05, 3.63) is 81.4 Å². The van der Waals surface area contributed by atoms with Crippen molar-refractivity contribution in [2.75, 3.05) is 0 Å². The molecule has 4 aromatic rings. The normalized spacial score (nSPS) is 13.7. The smallest absolute Gasteiger partial charge is 0.336 e. The number of aryl methyl sites for hydroxylation is 1. The average Bonchev–Trinajstić information content (AvgIpc) is 3.10. The maximum Gasteiger partial charge on any atom is 0.336 e. The van der Waals surface area contributed by atoms with Gasteiger partial charge in [0.05, 0.1) is 17.7 Å². The fourth-order valence-electron chi connectivity index (χ4n) is 3.51. The summed E-state index contributed by atoms with van der Waals surface area (Å²) < 4.78 is 11.1. The van der Waals surface area contributed by atoms with Crippen LogP contribution in [0.25, 0.3) is 21.9 Å². The largest absolute Gasteiger partial charge is 0.459 e. The first kappa shape index (κ1) is 15.6. The van der Waals surface area contributed by atoms with Gasteiger partial charge in [-0.1, -0.05) is 12.1 Å². The van der Waals surface area contributed by atoms with E-state index in [0.29, 0.717) is 28.1 Å². The molecule has 0 bridgehead atoms. The van der Waals surface area contributed by atoms with Crippen molar-refractivity contribution < 1.29 is 18.4 Å². The molecule has 0 atom stereocenters. The van der Waals surface area contributed by atoms with Gasteiger partial charge in [0.2, 0.25) is 0 Å². The van der Waals surface area contributed by atoms with Gasteiger partial charge in [-0.25, -0.2) is 4.79 Å². The fourth-order valence-corrected chi connectivity index (χ4v) is 3.51. The van der Waals surface area contributed by atoms with Gasteiger partial charge in [0.25, 0.3) is 11.8 Å². The Kier molecular flexibility index (Phi) is 3.12. The van der Waals surface area contributed by atoms with Crippen LogP contribution in [0.4, 0.5) is 0 Å². The Labute approximate surface area is 152 Å². The molecule has 0 saturated heterocycles. The van der Waals surface area contributed by atoms with Gasteiger partial charge in [-0.15, -0.1) is 0 Å². The lowest BCUT2D eigenvalue weighted by Crippen LogP contribution is -2.29. The Morgan fingerprint density at radius 3 is 2.26 bits per heavy atom. The number of fused-ring (bicyclic) bond motifs is 3. The molecule has 0 radical (unpaired) electrons. The monoisotopic (exact) mass is 359 g/mol. The van der Waals surface area contributed by atoms with Gasteiger partial charge in [0.15, 0.2) is 0 Å². The molecule has 0 N–H and O–H groups in total. The third-order valence-electron chi connectivity index (χ3n) is 4.96. The van der Waals surface area contributed by atoms with Crippen LogP contribution in [0.15, 0.2) is 62.2 Å². The molecule has 1 aliphatic heterocycles. The Hall–Kier alpha value is -3.67. The van der Waals surface area contributed by atoms with E-state index >= 15 is 0 Å². The predicted octanol–water partition coefficient (Wildman–Crippen LogP) is 3.64. The number of carbonyl (C=O) groups is 2. The molecule has 27 heavy (non-hydrogen) atoms. The molecule has 1 aliphatic rings. The minimum absolute atomic E-state index is 0.0488. The number of carbonyl (C=O) groups excluding carboxylic acids is 2. The van der Waals surface area contributed by atoms with Crippen LogP contribution in [0.2, 0.25) is 0 Å². The summed E-state index contributed by atoms with van der Waals surface area (Å²) in [6, 6.07) is 13.4. The molecule has 5 rings (SSSR count). The maximum atomic E-state index is 12.6. The lowest BCUT2D eigenvalue weighted by atomic mass is 10.1. The maximum absolute atomic E-state index is 12.6. The highest BCUT2D eigenvalue weighted by Crippen LogP contribution is 2.32. The number of furan rings is 1. The number of benzene rings is 2. The average molecular weight is 359 g/mol. The van der Waals surface area contributed by atoms with Crippen molar-refractivity contribution in [1.29, 1.82) is 0 Å². The second-order valence-electron chi connectivity index (χ2n) is 6.53. The summed E-state index contributed by atoms with van der Waals surface area (Å²) >= 11 is 0. The van der Waals surface area contributed by atoms with E-state index in [-0.39, 0.29) is 18.4 Å². The fraction of sp³-hybridized carbons (Fsp3) is 0.0952. The van der Waals surface area contributed by atoms with Crippen LogP contribution in [-0.2, 0) is 6.54 Å². The molecule has 3 heterocycles. The van der Waals surface area contributed by atoms with E-state index in [1.54, 1.807) is 36.4 Å². The van der Waals surface area contributed by atoms with Gasteiger partial charge in [-0.2, -0.15) is 0 Å². The molecule has 2 aromatic carbocycles. The number of nitrogens with zero attached hydrogens (tertiary/aromatic N) is 1. The van der Waals surface area contributed by atoms with Crippen molar-refractivity contribution in [3.8, 4) is 0 Å². The number of rotatable bonds is 2. The zero-order valence-corrected chi connectivity index (χ0v) is 14.3. The molecular weight excluding hydrogens is 346 g/mol. The molecule has 2 amide bonds. The van der Waals surface area contributed by atoms with E-state index in [9.17, 15) is 14.4 Å². The first-order valence-electron chi connectivity index (χ1n) is 8.44. The molecule has 0 saturated carbocycles. The molecule has 0 unspecified atom stereocenters. The highest BCUT2D eigenvalue weighted by molar-refractivity contribution is 6.21. The SMILES string of the molecule is Cc1c(CN2C(=O)c3ccccc3C2=O)oc2cc3oc(=O)ccc3cc12. The summed E-state index contributed by atoms with van der Waals surface area (Å²) in [7, 11) is 0. The highest BCUT2D eigenvalue weighted by Gasteiger charge is 2.36. The van der Waals surface area contributed by atoms with Gasteiger partial charge in [0.1, 0.15) is 16.9 Å². The van der Waals surface area contributed by atoms with Crippen molar-refractivity contribution >= 4 is 33.8 Å². The van der Waals surface area contributed by atoms with Crippen LogP contribution in [0, 0.1) is 6.92 Å². The van der Waals surface area contributed by atoms with Gasteiger partial charge >= 0.3 is 5.63 Å². The summed E-state index contributed by atoms with van der Waals surface area (Å²) in [4.78, 5) is 37.8. The molecule has 0 aliphatic carbocycles. The Morgan fingerprint density at radius 2 is 1.56 bits per heavy atom. The minimum atomic E-state index is -0.434. The zero-order chi connectivity index (χ0) is 18.7. The number of hydrogen-bond donors (Lipinski definition) is 0. The molecule has 0 spiro atoms. The molecular formula is C21H13NO5. The topological polar surface area (TPSA) is 80.7 Å². The second kappa shape index (κ2) is 5.41. The summed E-state index contributed by atoms with van der Waals surface area (Å²) in [6.45, 7) is 1.93. The van der Waals surface area contributed by atoms with Gasteiger partial charge in [0, 0.05) is 28.5 Å². The second-order valence-corrected chi connectivity index (χ2v) is 6.53. The standard InChI is InChI=1S/C21H13NO5/c1-11-15-8-12-6-7-19(23)27-16(12)9-17(15)26-18(11)10-22-20(24)13-4-2-3-5-14(13)21(22)25/h2-9H,10H2,1H3. The van der Waals surface area contributed by atoms with Crippen LogP contribution in [-0.4, -0.2) is 16.7 Å². The van der Waals surface area contributed by atoms with Crippen molar-refractivity contribution in [1.82, 2.24) is 4.90 Å². The molecule has 132 valence electrons. The quantitative estimate of drug-likeness (QED) is 0.403. The first-order chi connectivity index (χ1) is 13.0. The Bertz CT molecular complexity index is 1290. The summed E-state index contributed by atoms with van der Waals surface area (Å²) in [6.07, 6.45) is 0. The van der Waals surface area contributed by atoms with Crippen molar-refractivity contribution in [2.24, 2.45) is 0 Å². The highest BCUT2D eigenvalue weighted by atomic mass is 16.4. The van der Waals surface area contributed by atoms with Crippen LogP contribution >= 0.6 is 0 Å². The summed E-state index contributed by atoms with van der Waals surface area (Å²) in [5.41, 5.74) is 2.19. The van der Waals surface area contributed by atoms with E-state index in [0.717, 1.165) is 16.3 Å². The predicted molar refractivity (Wildman–Crippen MR) is 97.6 cm³/mol. The zero-order valence-electron chi connectivity index (χ0n) is 14.3. The Balaban J connectivity index is 1.59. The van der Waals surface area contributed by atoms with Gasteiger partial charge in [-0.3, -0.25) is 14.5 Å². The minimum Gasteiger partial charge on any atom is -0.459 e. The number of amides is 2. The van der Waals surface area contributed by atoms with Crippen LogP contribution in [0.3, 0.4) is 0 Å². The van der Waals surface area contributed by atoms with Crippen molar-refractivity contribution in [3.63, 3.8) is 0 Å². The molecule has 2 aromatic heterocycles. The van der Waals surface area contributed by atoms with Crippen LogP contribution in [0.1, 0.15) is 32.0 Å². The summed E-state index contributed by atoms with van der Waals surface area (Å²) in [5.74, 6) is -0.129. The third kappa shape index (κ3) is 2.23. The van der Waals surface area contributed by atoms with Gasteiger partial charge < -0.3 is 8.83 Å². The van der Waals surface area contributed by atoms with E-state index in [4.69, 9.17) is 8.83 Å².